The number of nitrogen functional groups attached to an aromatic ring is 1. The van der Waals surface area contributed by atoms with Crippen LogP contribution in [0.3, 0.4) is 0 Å². The van der Waals surface area contributed by atoms with Crippen molar-refractivity contribution < 1.29 is 4.79 Å². The first-order valence-electron chi connectivity index (χ1n) is 3.10. The van der Waals surface area contributed by atoms with Crippen molar-refractivity contribution in [2.75, 3.05) is 11.1 Å². The summed E-state index contributed by atoms with van der Waals surface area (Å²) < 4.78 is 0. The third-order valence-electron chi connectivity index (χ3n) is 1.15. The molecule has 1 rings (SSSR count). The summed E-state index contributed by atoms with van der Waals surface area (Å²) in [7, 11) is 0. The van der Waals surface area contributed by atoms with Gasteiger partial charge in [0.25, 0.3) is 0 Å². The van der Waals surface area contributed by atoms with Crippen LogP contribution in [-0.4, -0.2) is 29.9 Å². The van der Waals surface area contributed by atoms with Crippen LogP contribution in [-0.2, 0) is 0 Å². The maximum Gasteiger partial charge on any atom is 0.316 e. The molecule has 0 aromatic heterocycles. The molecule has 0 fully saturated rings. The fourth-order valence-electron chi connectivity index (χ4n) is 0.759. The molecule has 4 radical (unpaired) electrons. The number of primary amides is 1. The number of rotatable bonds is 1. The van der Waals surface area contributed by atoms with Crippen molar-refractivity contribution in [3.8, 4) is 0 Å². The average molecular weight is 270 g/mol. The van der Waals surface area contributed by atoms with E-state index in [2.05, 4.69) is 5.32 Å². The number of nitrogens with two attached hydrogens (primary N) is 2. The molecule has 0 unspecified atom stereocenters. The Balaban J connectivity index is 0.00000121. The molecule has 0 aliphatic carbocycles. The van der Waals surface area contributed by atoms with Crippen LogP contribution < -0.4 is 16.8 Å². The van der Waals surface area contributed by atoms with Crippen molar-refractivity contribution in [2.24, 2.45) is 5.73 Å². The Labute approximate surface area is 87.3 Å². The molecule has 5 heteroatoms. The molecule has 0 bridgehead atoms. The molecule has 12 heavy (non-hydrogen) atoms. The number of amides is 2. The van der Waals surface area contributed by atoms with E-state index in [9.17, 15) is 4.79 Å². The summed E-state index contributed by atoms with van der Waals surface area (Å²) in [5.74, 6) is 0. The van der Waals surface area contributed by atoms with Gasteiger partial charge in [-0.05, 0) is 18.2 Å². The summed E-state index contributed by atoms with van der Waals surface area (Å²) >= 11 is 0. The zero-order chi connectivity index (χ0) is 8.27. The van der Waals surface area contributed by atoms with Crippen LogP contribution >= 0.6 is 0 Å². The van der Waals surface area contributed by atoms with Crippen molar-refractivity contribution in [1.29, 1.82) is 0 Å². The number of urea groups is 1. The van der Waals surface area contributed by atoms with E-state index in [0.29, 0.717) is 11.4 Å². The second-order valence-electron chi connectivity index (χ2n) is 2.11. The van der Waals surface area contributed by atoms with Gasteiger partial charge in [0, 0.05) is 35.3 Å². The van der Waals surface area contributed by atoms with Gasteiger partial charge in [-0.3, -0.25) is 0 Å². The first-order valence-corrected chi connectivity index (χ1v) is 3.10. The quantitative estimate of drug-likeness (QED) is 0.509. The molecule has 0 saturated carbocycles. The van der Waals surface area contributed by atoms with E-state index >= 15 is 0 Å². The van der Waals surface area contributed by atoms with Crippen molar-refractivity contribution in [3.63, 3.8) is 0 Å². The van der Waals surface area contributed by atoms with Crippen LogP contribution in [0, 0.1) is 0 Å². The molecule has 5 N–H and O–H groups in total. The zero-order valence-corrected chi connectivity index (χ0v) is 9.23. The van der Waals surface area contributed by atoms with Gasteiger partial charge in [0.05, 0.1) is 0 Å². The molecular formula is C7H9N3OSn. The van der Waals surface area contributed by atoms with Crippen LogP contribution in [0.5, 0.6) is 0 Å². The predicted molar refractivity (Wildman–Crippen MR) is 49.8 cm³/mol. The van der Waals surface area contributed by atoms with Crippen LogP contribution in [0.2, 0.25) is 0 Å². The Bertz CT molecular complexity index is 277. The maximum atomic E-state index is 10.4. The minimum Gasteiger partial charge on any atom is -0.399 e. The van der Waals surface area contributed by atoms with Crippen LogP contribution in [0.15, 0.2) is 24.3 Å². The summed E-state index contributed by atoms with van der Waals surface area (Å²) in [5.41, 5.74) is 11.5. The number of hydrogen-bond donors (Lipinski definition) is 3. The molecular weight excluding hydrogens is 261 g/mol. The first-order chi connectivity index (χ1) is 5.18. The third kappa shape index (κ3) is 3.47. The number of carbonyl (C=O) groups is 1. The van der Waals surface area contributed by atoms with Crippen molar-refractivity contribution in [3.05, 3.63) is 24.3 Å². The van der Waals surface area contributed by atoms with Gasteiger partial charge in [-0.1, -0.05) is 6.07 Å². The second kappa shape index (κ2) is 4.86. The van der Waals surface area contributed by atoms with E-state index in [-0.39, 0.29) is 23.9 Å². The molecule has 0 saturated heterocycles. The topological polar surface area (TPSA) is 81.1 Å². The minimum absolute atomic E-state index is 0. The second-order valence-corrected chi connectivity index (χ2v) is 2.11. The number of benzene rings is 1. The molecule has 1 aromatic carbocycles. The Morgan fingerprint density at radius 3 is 2.58 bits per heavy atom. The van der Waals surface area contributed by atoms with Crippen molar-refractivity contribution >= 4 is 41.3 Å². The SMILES string of the molecule is NC(=O)Nc1cccc(N)c1.[Sn]. The van der Waals surface area contributed by atoms with E-state index in [4.69, 9.17) is 11.5 Å². The van der Waals surface area contributed by atoms with Gasteiger partial charge in [-0.15, -0.1) is 0 Å². The van der Waals surface area contributed by atoms with Crippen LogP contribution in [0.4, 0.5) is 16.2 Å². The Morgan fingerprint density at radius 2 is 2.08 bits per heavy atom. The minimum atomic E-state index is -0.587. The summed E-state index contributed by atoms with van der Waals surface area (Å²) in [6.07, 6.45) is 0. The summed E-state index contributed by atoms with van der Waals surface area (Å²) in [6.45, 7) is 0. The van der Waals surface area contributed by atoms with E-state index in [0.717, 1.165) is 0 Å². The van der Waals surface area contributed by atoms with Gasteiger partial charge in [-0.2, -0.15) is 0 Å². The van der Waals surface area contributed by atoms with E-state index in [1.54, 1.807) is 24.3 Å². The van der Waals surface area contributed by atoms with E-state index < -0.39 is 6.03 Å². The molecule has 0 heterocycles. The van der Waals surface area contributed by atoms with Crippen LogP contribution in [0.1, 0.15) is 0 Å². The van der Waals surface area contributed by atoms with Gasteiger partial charge in [-0.25, -0.2) is 4.79 Å². The van der Waals surface area contributed by atoms with Gasteiger partial charge in [0.2, 0.25) is 0 Å². The van der Waals surface area contributed by atoms with E-state index in [1.807, 2.05) is 0 Å². The summed E-state index contributed by atoms with van der Waals surface area (Å²) in [5, 5.41) is 2.40. The first kappa shape index (κ1) is 11.1. The molecule has 62 valence electrons. The normalized spacial score (nSPS) is 8.33. The smallest absolute Gasteiger partial charge is 0.316 e. The number of hydrogen-bond acceptors (Lipinski definition) is 2. The third-order valence-corrected chi connectivity index (χ3v) is 1.15. The number of nitrogens with one attached hydrogen (secondary N) is 1. The largest absolute Gasteiger partial charge is 0.399 e. The van der Waals surface area contributed by atoms with Crippen molar-refractivity contribution in [1.82, 2.24) is 0 Å². The van der Waals surface area contributed by atoms with Gasteiger partial charge in [0.1, 0.15) is 0 Å². The molecule has 0 atom stereocenters. The average Bonchev–Trinajstić information content (AvgIpc) is 1.85. The molecule has 0 spiro atoms. The summed E-state index contributed by atoms with van der Waals surface area (Å²) in [6, 6.07) is 6.22. The maximum absolute atomic E-state index is 10.4. The monoisotopic (exact) mass is 271 g/mol. The molecule has 1 aromatic rings. The Hall–Kier alpha value is -0.911. The zero-order valence-electron chi connectivity index (χ0n) is 6.37. The standard InChI is InChI=1S/C7H9N3O.Sn/c8-5-2-1-3-6(4-5)10-7(9)11;/h1-4H,8H2,(H3,9,10,11);. The van der Waals surface area contributed by atoms with Gasteiger partial charge in [0.15, 0.2) is 0 Å². The van der Waals surface area contributed by atoms with Gasteiger partial charge < -0.3 is 16.8 Å². The molecule has 0 aliphatic rings. The Kier molecular flexibility index (Phi) is 4.50. The molecule has 4 nitrogen and oxygen atoms in total. The fraction of sp³-hybridized carbons (Fsp3) is 0. The predicted octanol–water partition coefficient (Wildman–Crippen LogP) is 0.379. The number of anilines is 2. The molecule has 2 amide bonds. The van der Waals surface area contributed by atoms with E-state index in [1.165, 1.54) is 0 Å². The van der Waals surface area contributed by atoms with Crippen molar-refractivity contribution in [2.45, 2.75) is 0 Å². The van der Waals surface area contributed by atoms with Crippen LogP contribution in [0.25, 0.3) is 0 Å². The van der Waals surface area contributed by atoms with Gasteiger partial charge >= 0.3 is 6.03 Å². The molecule has 0 aliphatic heterocycles. The Morgan fingerprint density at radius 1 is 1.42 bits per heavy atom. The summed E-state index contributed by atoms with van der Waals surface area (Å²) in [4.78, 5) is 10.4. The number of carbonyl (C=O) groups excluding carboxylic acids is 1. The fourth-order valence-corrected chi connectivity index (χ4v) is 0.759.